The van der Waals surface area contributed by atoms with Gasteiger partial charge in [0.15, 0.2) is 5.96 Å². The molecule has 2 aromatic rings. The lowest BCUT2D eigenvalue weighted by Gasteiger charge is -2.23. The molecule has 1 aliphatic rings. The van der Waals surface area contributed by atoms with Crippen LogP contribution >= 0.6 is 0 Å². The molecule has 0 amide bonds. The highest BCUT2D eigenvalue weighted by molar-refractivity contribution is 5.79. The van der Waals surface area contributed by atoms with Crippen LogP contribution in [0.3, 0.4) is 0 Å². The Hall–Kier alpha value is -2.56. The molecule has 1 aliphatic heterocycles. The Morgan fingerprint density at radius 1 is 1.19 bits per heavy atom. The Bertz CT molecular complexity index is 730. The van der Waals surface area contributed by atoms with Crippen LogP contribution in [0.4, 0.5) is 10.1 Å². The summed E-state index contributed by atoms with van der Waals surface area (Å²) in [5.41, 5.74) is 2.37. The van der Waals surface area contributed by atoms with Gasteiger partial charge in [0.2, 0.25) is 0 Å². The minimum atomic E-state index is -0.203. The Kier molecular flexibility index (Phi) is 6.69. The van der Waals surface area contributed by atoms with Gasteiger partial charge in [0.25, 0.3) is 0 Å². The monoisotopic (exact) mass is 368 g/mol. The van der Waals surface area contributed by atoms with Crippen LogP contribution in [0.2, 0.25) is 0 Å². The number of para-hydroxylation sites is 1. The van der Waals surface area contributed by atoms with Crippen LogP contribution in [0.5, 0.6) is 0 Å². The molecule has 144 valence electrons. The molecule has 1 saturated heterocycles. The van der Waals surface area contributed by atoms with Gasteiger partial charge in [-0.25, -0.2) is 4.39 Å². The first-order valence-electron chi connectivity index (χ1n) is 9.69. The van der Waals surface area contributed by atoms with Crippen LogP contribution in [-0.2, 0) is 6.54 Å². The Labute approximate surface area is 161 Å². The quantitative estimate of drug-likeness (QED) is 0.622. The SMILES string of the molecule is CCNC(=NCC1CCN(c2ccccc2)C1)N(C)Cc1ccc(F)cc1. The van der Waals surface area contributed by atoms with E-state index in [2.05, 4.69) is 52.4 Å². The van der Waals surface area contributed by atoms with Gasteiger partial charge in [-0.1, -0.05) is 30.3 Å². The summed E-state index contributed by atoms with van der Waals surface area (Å²) in [7, 11) is 2.02. The lowest BCUT2D eigenvalue weighted by Crippen LogP contribution is -2.39. The van der Waals surface area contributed by atoms with E-state index in [0.29, 0.717) is 12.5 Å². The largest absolute Gasteiger partial charge is 0.371 e. The van der Waals surface area contributed by atoms with Crippen LogP contribution in [0.15, 0.2) is 59.6 Å². The molecule has 3 rings (SSSR count). The smallest absolute Gasteiger partial charge is 0.193 e. The second-order valence-electron chi connectivity index (χ2n) is 7.11. The van der Waals surface area contributed by atoms with Crippen molar-refractivity contribution in [3.63, 3.8) is 0 Å². The normalized spacial score (nSPS) is 17.2. The van der Waals surface area contributed by atoms with E-state index in [1.165, 1.54) is 24.2 Å². The van der Waals surface area contributed by atoms with E-state index in [1.54, 1.807) is 0 Å². The van der Waals surface area contributed by atoms with Gasteiger partial charge in [-0.05, 0) is 49.1 Å². The summed E-state index contributed by atoms with van der Waals surface area (Å²) in [6, 6.07) is 17.2. The number of guanidine groups is 1. The van der Waals surface area contributed by atoms with Gasteiger partial charge < -0.3 is 15.1 Å². The summed E-state index contributed by atoms with van der Waals surface area (Å²) < 4.78 is 13.1. The van der Waals surface area contributed by atoms with Gasteiger partial charge in [-0.3, -0.25) is 4.99 Å². The third-order valence-corrected chi connectivity index (χ3v) is 4.94. The minimum Gasteiger partial charge on any atom is -0.371 e. The molecule has 1 atom stereocenters. The van der Waals surface area contributed by atoms with Crippen LogP contribution in [0, 0.1) is 11.7 Å². The van der Waals surface area contributed by atoms with Crippen molar-refractivity contribution in [3.05, 3.63) is 66.0 Å². The summed E-state index contributed by atoms with van der Waals surface area (Å²) in [5, 5.41) is 3.37. The number of nitrogens with one attached hydrogen (secondary N) is 1. The molecular weight excluding hydrogens is 339 g/mol. The maximum absolute atomic E-state index is 13.1. The second kappa shape index (κ2) is 9.40. The van der Waals surface area contributed by atoms with Gasteiger partial charge >= 0.3 is 0 Å². The van der Waals surface area contributed by atoms with E-state index >= 15 is 0 Å². The maximum Gasteiger partial charge on any atom is 0.193 e. The van der Waals surface area contributed by atoms with E-state index in [0.717, 1.165) is 37.7 Å². The number of aliphatic imine (C=N–C) groups is 1. The van der Waals surface area contributed by atoms with Crippen LogP contribution < -0.4 is 10.2 Å². The van der Waals surface area contributed by atoms with Crippen molar-refractivity contribution in [3.8, 4) is 0 Å². The predicted octanol–water partition coefficient (Wildman–Crippen LogP) is 3.75. The zero-order valence-corrected chi connectivity index (χ0v) is 16.2. The number of hydrogen-bond acceptors (Lipinski definition) is 2. The van der Waals surface area contributed by atoms with Crippen LogP contribution in [-0.4, -0.2) is 44.1 Å². The van der Waals surface area contributed by atoms with Crippen LogP contribution in [0.1, 0.15) is 18.9 Å². The molecule has 1 unspecified atom stereocenters. The van der Waals surface area contributed by atoms with Gasteiger partial charge in [0.1, 0.15) is 5.82 Å². The zero-order chi connectivity index (χ0) is 19.1. The summed E-state index contributed by atoms with van der Waals surface area (Å²) in [6.07, 6.45) is 1.17. The van der Waals surface area contributed by atoms with E-state index in [9.17, 15) is 4.39 Å². The summed E-state index contributed by atoms with van der Waals surface area (Å²) in [6.45, 7) is 6.56. The highest BCUT2D eigenvalue weighted by Crippen LogP contribution is 2.23. The molecule has 0 bridgehead atoms. The molecule has 0 radical (unpaired) electrons. The van der Waals surface area contributed by atoms with Gasteiger partial charge in [0, 0.05) is 45.5 Å². The number of nitrogens with zero attached hydrogens (tertiary/aromatic N) is 3. The molecule has 27 heavy (non-hydrogen) atoms. The molecular formula is C22H29FN4. The zero-order valence-electron chi connectivity index (χ0n) is 16.2. The molecule has 1 N–H and O–H groups in total. The number of anilines is 1. The molecule has 0 aromatic heterocycles. The van der Waals surface area contributed by atoms with E-state index in [-0.39, 0.29) is 5.82 Å². The Morgan fingerprint density at radius 3 is 2.63 bits per heavy atom. The van der Waals surface area contributed by atoms with E-state index in [1.807, 2.05) is 19.2 Å². The fraction of sp³-hybridized carbons (Fsp3) is 0.409. The lowest BCUT2D eigenvalue weighted by molar-refractivity contribution is 0.471. The molecule has 0 spiro atoms. The van der Waals surface area contributed by atoms with Gasteiger partial charge in [0.05, 0.1) is 0 Å². The number of halogens is 1. The summed E-state index contributed by atoms with van der Waals surface area (Å²) in [5.74, 6) is 1.27. The highest BCUT2D eigenvalue weighted by atomic mass is 19.1. The lowest BCUT2D eigenvalue weighted by atomic mass is 10.1. The summed E-state index contributed by atoms with van der Waals surface area (Å²) >= 11 is 0. The molecule has 2 aromatic carbocycles. The number of hydrogen-bond donors (Lipinski definition) is 1. The third-order valence-electron chi connectivity index (χ3n) is 4.94. The Morgan fingerprint density at radius 2 is 1.93 bits per heavy atom. The summed E-state index contributed by atoms with van der Waals surface area (Å²) in [4.78, 5) is 9.41. The van der Waals surface area contributed by atoms with Crippen LogP contribution in [0.25, 0.3) is 0 Å². The maximum atomic E-state index is 13.1. The van der Waals surface area contributed by atoms with Crippen molar-refractivity contribution < 1.29 is 4.39 Å². The molecule has 4 nitrogen and oxygen atoms in total. The van der Waals surface area contributed by atoms with Crippen molar-refractivity contribution in [2.75, 3.05) is 38.1 Å². The average Bonchev–Trinajstić information content (AvgIpc) is 3.16. The van der Waals surface area contributed by atoms with Crippen molar-refractivity contribution in [2.24, 2.45) is 10.9 Å². The predicted molar refractivity (Wildman–Crippen MR) is 111 cm³/mol. The van der Waals surface area contributed by atoms with E-state index < -0.39 is 0 Å². The first-order valence-corrected chi connectivity index (χ1v) is 9.69. The number of rotatable bonds is 6. The molecule has 0 aliphatic carbocycles. The average molecular weight is 369 g/mol. The fourth-order valence-electron chi connectivity index (χ4n) is 3.48. The molecule has 5 heteroatoms. The number of benzene rings is 2. The van der Waals surface area contributed by atoms with E-state index in [4.69, 9.17) is 4.99 Å². The molecule has 1 fully saturated rings. The molecule has 1 heterocycles. The van der Waals surface area contributed by atoms with Gasteiger partial charge in [-0.15, -0.1) is 0 Å². The van der Waals surface area contributed by atoms with Crippen molar-refractivity contribution in [1.29, 1.82) is 0 Å². The first kappa shape index (κ1) is 19.2. The standard InChI is InChI=1S/C22H29FN4/c1-3-24-22(26(2)16-18-9-11-20(23)12-10-18)25-15-19-13-14-27(17-19)21-7-5-4-6-8-21/h4-12,19H,3,13-17H2,1-2H3,(H,24,25). The topological polar surface area (TPSA) is 30.9 Å². The Balaban J connectivity index is 1.57. The third kappa shape index (κ3) is 5.46. The minimum absolute atomic E-state index is 0.203. The fourth-order valence-corrected chi connectivity index (χ4v) is 3.48. The molecule has 0 saturated carbocycles. The first-order chi connectivity index (χ1) is 13.2. The highest BCUT2D eigenvalue weighted by Gasteiger charge is 2.22. The van der Waals surface area contributed by atoms with Gasteiger partial charge in [-0.2, -0.15) is 0 Å². The van der Waals surface area contributed by atoms with Crippen molar-refractivity contribution in [1.82, 2.24) is 10.2 Å². The second-order valence-corrected chi connectivity index (χ2v) is 7.11. The van der Waals surface area contributed by atoms with Crippen molar-refractivity contribution >= 4 is 11.6 Å². The van der Waals surface area contributed by atoms with Crippen molar-refractivity contribution in [2.45, 2.75) is 19.9 Å².